The van der Waals surface area contributed by atoms with Crippen molar-refractivity contribution in [3.8, 4) is 0 Å². The van der Waals surface area contributed by atoms with Gasteiger partial charge in [-0.25, -0.2) is 4.99 Å². The van der Waals surface area contributed by atoms with Crippen LogP contribution in [-0.2, 0) is 4.79 Å². The first kappa shape index (κ1) is 8.48. The fraction of sp³-hybridized carbons (Fsp3) is 0.600. The molecule has 0 bridgehead atoms. The first-order chi connectivity index (χ1) is 6.20. The van der Waals surface area contributed by atoms with Crippen LogP contribution in [-0.4, -0.2) is 23.2 Å². The molecule has 0 N–H and O–H groups in total. The zero-order valence-electron chi connectivity index (χ0n) is 8.13. The Hall–Kier alpha value is -1.12. The molecule has 0 spiro atoms. The lowest BCUT2D eigenvalue weighted by Crippen LogP contribution is -2.36. The van der Waals surface area contributed by atoms with E-state index in [9.17, 15) is 4.79 Å². The fourth-order valence-corrected chi connectivity index (χ4v) is 1.78. The van der Waals surface area contributed by atoms with Crippen molar-refractivity contribution in [2.24, 2.45) is 4.99 Å². The average Bonchev–Trinajstić information content (AvgIpc) is 2.45. The van der Waals surface area contributed by atoms with Gasteiger partial charge in [0.1, 0.15) is 11.5 Å². The van der Waals surface area contributed by atoms with Gasteiger partial charge in [-0.1, -0.05) is 0 Å². The predicted octanol–water partition coefficient (Wildman–Crippen LogP) is 1.70. The molecule has 0 aromatic carbocycles. The molecule has 0 atom stereocenters. The number of carbonyl (C=O) groups is 1. The van der Waals surface area contributed by atoms with Gasteiger partial charge < -0.3 is 0 Å². The zero-order valence-corrected chi connectivity index (χ0v) is 8.13. The minimum Gasteiger partial charge on any atom is -0.295 e. The maximum Gasteiger partial charge on any atom is 0.277 e. The van der Waals surface area contributed by atoms with Crippen LogP contribution in [0.15, 0.2) is 16.3 Å². The highest BCUT2D eigenvalue weighted by atomic mass is 16.2. The Morgan fingerprint density at radius 2 is 2.15 bits per heavy atom. The van der Waals surface area contributed by atoms with Crippen LogP contribution >= 0.6 is 0 Å². The summed E-state index contributed by atoms with van der Waals surface area (Å²) >= 11 is 0. The van der Waals surface area contributed by atoms with Gasteiger partial charge in [-0.3, -0.25) is 9.69 Å². The van der Waals surface area contributed by atoms with Crippen molar-refractivity contribution in [1.82, 2.24) is 4.90 Å². The van der Waals surface area contributed by atoms with E-state index in [0.29, 0.717) is 5.70 Å². The average molecular weight is 178 g/mol. The second-order valence-electron chi connectivity index (χ2n) is 3.79. The van der Waals surface area contributed by atoms with Crippen molar-refractivity contribution >= 4 is 11.7 Å². The number of fused-ring (bicyclic) bond motifs is 1. The molecule has 0 radical (unpaired) electrons. The number of amidine groups is 1. The van der Waals surface area contributed by atoms with Gasteiger partial charge in [0.25, 0.3) is 5.91 Å². The summed E-state index contributed by atoms with van der Waals surface area (Å²) < 4.78 is 0. The van der Waals surface area contributed by atoms with Crippen molar-refractivity contribution in [2.45, 2.75) is 33.1 Å². The van der Waals surface area contributed by atoms with Crippen LogP contribution in [0.3, 0.4) is 0 Å². The van der Waals surface area contributed by atoms with Crippen molar-refractivity contribution < 1.29 is 4.79 Å². The highest BCUT2D eigenvalue weighted by molar-refractivity contribution is 6.12. The summed E-state index contributed by atoms with van der Waals surface area (Å²) in [5, 5.41) is 0. The van der Waals surface area contributed by atoms with E-state index in [0.717, 1.165) is 30.8 Å². The van der Waals surface area contributed by atoms with Gasteiger partial charge in [0.05, 0.1) is 0 Å². The van der Waals surface area contributed by atoms with E-state index in [2.05, 4.69) is 4.99 Å². The molecule has 0 unspecified atom stereocenters. The normalized spacial score (nSPS) is 21.7. The second-order valence-corrected chi connectivity index (χ2v) is 3.79. The van der Waals surface area contributed by atoms with Crippen LogP contribution in [0.25, 0.3) is 0 Å². The van der Waals surface area contributed by atoms with Crippen LogP contribution in [0, 0.1) is 0 Å². The monoisotopic (exact) mass is 178 g/mol. The zero-order chi connectivity index (χ0) is 9.42. The Morgan fingerprint density at radius 1 is 1.38 bits per heavy atom. The SMILES string of the molecule is CC(C)=C1N=C2CCCCN2C1=O. The lowest BCUT2D eigenvalue weighted by atomic mass is 10.1. The topological polar surface area (TPSA) is 32.7 Å². The maximum atomic E-state index is 11.7. The van der Waals surface area contributed by atoms with Crippen LogP contribution in [0.2, 0.25) is 0 Å². The Morgan fingerprint density at radius 3 is 2.77 bits per heavy atom. The Bertz CT molecular complexity index is 311. The Balaban J connectivity index is 2.35. The van der Waals surface area contributed by atoms with E-state index in [1.807, 2.05) is 18.7 Å². The minimum absolute atomic E-state index is 0.106. The van der Waals surface area contributed by atoms with Crippen LogP contribution < -0.4 is 0 Å². The molecular weight excluding hydrogens is 164 g/mol. The summed E-state index contributed by atoms with van der Waals surface area (Å²) in [6.07, 6.45) is 3.24. The molecule has 13 heavy (non-hydrogen) atoms. The highest BCUT2D eigenvalue weighted by Crippen LogP contribution is 2.24. The maximum absolute atomic E-state index is 11.7. The van der Waals surface area contributed by atoms with Crippen molar-refractivity contribution in [2.75, 3.05) is 6.54 Å². The molecule has 70 valence electrons. The van der Waals surface area contributed by atoms with Gasteiger partial charge >= 0.3 is 0 Å². The van der Waals surface area contributed by atoms with Gasteiger partial charge in [0.2, 0.25) is 0 Å². The number of hydrogen-bond donors (Lipinski definition) is 0. The molecule has 2 rings (SSSR count). The van der Waals surface area contributed by atoms with Crippen LogP contribution in [0.5, 0.6) is 0 Å². The van der Waals surface area contributed by atoms with Gasteiger partial charge in [-0.2, -0.15) is 0 Å². The van der Waals surface area contributed by atoms with E-state index in [4.69, 9.17) is 0 Å². The number of carbonyl (C=O) groups excluding carboxylic acids is 1. The van der Waals surface area contributed by atoms with E-state index in [-0.39, 0.29) is 5.91 Å². The molecule has 2 aliphatic heterocycles. The third-order valence-corrected chi connectivity index (χ3v) is 2.51. The second kappa shape index (κ2) is 2.98. The third kappa shape index (κ3) is 1.28. The molecule has 0 aromatic rings. The smallest absolute Gasteiger partial charge is 0.277 e. The van der Waals surface area contributed by atoms with Crippen molar-refractivity contribution in [1.29, 1.82) is 0 Å². The molecule has 0 saturated carbocycles. The largest absolute Gasteiger partial charge is 0.295 e. The summed E-state index contributed by atoms with van der Waals surface area (Å²) in [6, 6.07) is 0. The molecule has 0 aliphatic carbocycles. The molecule has 3 nitrogen and oxygen atoms in total. The first-order valence-electron chi connectivity index (χ1n) is 4.77. The lowest BCUT2D eigenvalue weighted by Gasteiger charge is -2.22. The summed E-state index contributed by atoms with van der Waals surface area (Å²) in [6.45, 7) is 4.74. The molecule has 1 fully saturated rings. The number of piperidine rings is 1. The van der Waals surface area contributed by atoms with E-state index >= 15 is 0 Å². The van der Waals surface area contributed by atoms with E-state index in [1.54, 1.807) is 0 Å². The van der Waals surface area contributed by atoms with Gasteiger partial charge in [0, 0.05) is 13.0 Å². The van der Waals surface area contributed by atoms with Gasteiger partial charge in [-0.05, 0) is 32.3 Å². The summed E-state index contributed by atoms with van der Waals surface area (Å²) in [5.74, 6) is 1.09. The van der Waals surface area contributed by atoms with Crippen LogP contribution in [0.4, 0.5) is 0 Å². The minimum atomic E-state index is 0.106. The Labute approximate surface area is 78.1 Å². The number of amides is 1. The third-order valence-electron chi connectivity index (χ3n) is 2.51. The molecule has 2 aliphatic rings. The molecular formula is C10H14N2O. The molecule has 2 heterocycles. The number of hydrogen-bond acceptors (Lipinski definition) is 2. The quantitative estimate of drug-likeness (QED) is 0.520. The molecule has 1 saturated heterocycles. The van der Waals surface area contributed by atoms with Gasteiger partial charge in [-0.15, -0.1) is 0 Å². The first-order valence-corrected chi connectivity index (χ1v) is 4.77. The number of rotatable bonds is 0. The summed E-state index contributed by atoms with van der Waals surface area (Å²) in [4.78, 5) is 17.9. The number of aliphatic imine (C=N–C) groups is 1. The van der Waals surface area contributed by atoms with Crippen molar-refractivity contribution in [3.63, 3.8) is 0 Å². The van der Waals surface area contributed by atoms with Gasteiger partial charge in [0.15, 0.2) is 0 Å². The highest BCUT2D eigenvalue weighted by Gasteiger charge is 2.31. The predicted molar refractivity (Wildman–Crippen MR) is 51.4 cm³/mol. The van der Waals surface area contributed by atoms with Crippen LogP contribution in [0.1, 0.15) is 33.1 Å². The summed E-state index contributed by atoms with van der Waals surface area (Å²) in [7, 11) is 0. The molecule has 1 amide bonds. The summed E-state index contributed by atoms with van der Waals surface area (Å²) in [5.41, 5.74) is 1.68. The molecule has 0 aromatic heterocycles. The lowest BCUT2D eigenvalue weighted by molar-refractivity contribution is -0.123. The van der Waals surface area contributed by atoms with E-state index < -0.39 is 0 Å². The molecule has 3 heteroatoms. The number of allylic oxidation sites excluding steroid dienone is 1. The van der Waals surface area contributed by atoms with E-state index in [1.165, 1.54) is 6.42 Å². The Kier molecular flexibility index (Phi) is 1.94. The standard InChI is InChI=1S/C10H14N2O/c1-7(2)9-10(13)12-6-4-3-5-8(12)11-9/h3-6H2,1-2H3. The fourth-order valence-electron chi connectivity index (χ4n) is 1.78. The number of nitrogens with zero attached hydrogens (tertiary/aromatic N) is 2. The van der Waals surface area contributed by atoms with Crippen molar-refractivity contribution in [3.05, 3.63) is 11.3 Å².